The summed E-state index contributed by atoms with van der Waals surface area (Å²) in [5, 5.41) is 3.22. The van der Waals surface area contributed by atoms with Gasteiger partial charge in [0.05, 0.1) is 0 Å². The van der Waals surface area contributed by atoms with Crippen LogP contribution in [0.25, 0.3) is 0 Å². The van der Waals surface area contributed by atoms with Crippen molar-refractivity contribution in [3.63, 3.8) is 0 Å². The summed E-state index contributed by atoms with van der Waals surface area (Å²) in [5.74, 6) is 0.987. The van der Waals surface area contributed by atoms with Gasteiger partial charge in [0, 0.05) is 24.5 Å². The second kappa shape index (κ2) is 6.34. The number of rotatable bonds is 5. The first kappa shape index (κ1) is 13.6. The van der Waals surface area contributed by atoms with E-state index in [4.69, 9.17) is 0 Å². The van der Waals surface area contributed by atoms with Crippen LogP contribution < -0.4 is 10.2 Å². The highest BCUT2D eigenvalue weighted by molar-refractivity contribution is 5.59. The van der Waals surface area contributed by atoms with Crippen LogP contribution >= 0.6 is 0 Å². The van der Waals surface area contributed by atoms with Gasteiger partial charge in [-0.3, -0.25) is 0 Å². The van der Waals surface area contributed by atoms with Gasteiger partial charge in [-0.15, -0.1) is 0 Å². The average Bonchev–Trinajstić information content (AvgIpc) is 2.49. The van der Waals surface area contributed by atoms with E-state index >= 15 is 0 Å². The molecule has 3 nitrogen and oxygen atoms in total. The Kier molecular flexibility index (Phi) is 4.53. The summed E-state index contributed by atoms with van der Waals surface area (Å²) < 4.78 is 0. The summed E-state index contributed by atoms with van der Waals surface area (Å²) in [6, 6.07) is 14.9. The molecule has 1 aromatic heterocycles. The molecule has 0 amide bonds. The summed E-state index contributed by atoms with van der Waals surface area (Å²) in [7, 11) is 1.96. The van der Waals surface area contributed by atoms with Gasteiger partial charge in [0.25, 0.3) is 0 Å². The summed E-state index contributed by atoms with van der Waals surface area (Å²) >= 11 is 0. The maximum atomic E-state index is 4.58. The van der Waals surface area contributed by atoms with Crippen molar-refractivity contribution in [2.45, 2.75) is 19.9 Å². The Bertz CT molecular complexity index is 493. The molecular formula is C16H21N3. The average molecular weight is 255 g/mol. The van der Waals surface area contributed by atoms with Crippen molar-refractivity contribution in [3.8, 4) is 0 Å². The fourth-order valence-corrected chi connectivity index (χ4v) is 2.06. The van der Waals surface area contributed by atoms with E-state index in [1.54, 1.807) is 0 Å². The minimum atomic E-state index is 0.327. The van der Waals surface area contributed by atoms with E-state index in [-0.39, 0.29) is 0 Å². The Balaban J connectivity index is 2.25. The van der Waals surface area contributed by atoms with Crippen LogP contribution in [0.2, 0.25) is 0 Å². The third kappa shape index (κ3) is 3.12. The van der Waals surface area contributed by atoms with Crippen molar-refractivity contribution in [3.05, 3.63) is 54.2 Å². The molecule has 0 aliphatic carbocycles. The zero-order valence-electron chi connectivity index (χ0n) is 11.8. The maximum Gasteiger partial charge on any atom is 0.132 e. The number of hydrogen-bond acceptors (Lipinski definition) is 3. The van der Waals surface area contributed by atoms with Gasteiger partial charge < -0.3 is 10.2 Å². The first-order valence-corrected chi connectivity index (χ1v) is 6.72. The molecule has 0 saturated heterocycles. The third-order valence-electron chi connectivity index (χ3n) is 3.36. The number of para-hydroxylation sites is 1. The summed E-state index contributed by atoms with van der Waals surface area (Å²) in [4.78, 5) is 6.78. The monoisotopic (exact) mass is 255 g/mol. The van der Waals surface area contributed by atoms with Gasteiger partial charge in [0.15, 0.2) is 0 Å². The SMILES string of the molecule is CCN(c1ccccc1)c1ccc(C(C)NC)cn1. The Morgan fingerprint density at radius 2 is 1.89 bits per heavy atom. The van der Waals surface area contributed by atoms with Crippen LogP contribution in [0.4, 0.5) is 11.5 Å². The van der Waals surface area contributed by atoms with Crippen LogP contribution in [0.15, 0.2) is 48.7 Å². The minimum absolute atomic E-state index is 0.327. The van der Waals surface area contributed by atoms with Crippen LogP contribution in [-0.2, 0) is 0 Å². The molecule has 2 rings (SSSR count). The van der Waals surface area contributed by atoms with Gasteiger partial charge in [-0.05, 0) is 44.7 Å². The van der Waals surface area contributed by atoms with Gasteiger partial charge in [-0.25, -0.2) is 4.98 Å². The molecular weight excluding hydrogens is 234 g/mol. The second-order valence-electron chi connectivity index (χ2n) is 4.54. The normalized spacial score (nSPS) is 12.2. The fourth-order valence-electron chi connectivity index (χ4n) is 2.06. The molecule has 1 unspecified atom stereocenters. The summed E-state index contributed by atoms with van der Waals surface area (Å²) in [6.45, 7) is 5.17. The third-order valence-corrected chi connectivity index (χ3v) is 3.36. The molecule has 0 fully saturated rings. The van der Waals surface area contributed by atoms with Crippen LogP contribution in [0, 0.1) is 0 Å². The molecule has 1 heterocycles. The summed E-state index contributed by atoms with van der Waals surface area (Å²) in [6.07, 6.45) is 1.95. The maximum absolute atomic E-state index is 4.58. The molecule has 0 bridgehead atoms. The van der Waals surface area contributed by atoms with Gasteiger partial charge in [0.2, 0.25) is 0 Å². The van der Waals surface area contributed by atoms with Crippen molar-refractivity contribution in [2.75, 3.05) is 18.5 Å². The predicted molar refractivity (Wildman–Crippen MR) is 80.8 cm³/mol. The Morgan fingerprint density at radius 1 is 1.16 bits per heavy atom. The molecule has 1 aromatic carbocycles. The Hall–Kier alpha value is -1.87. The molecule has 1 atom stereocenters. The van der Waals surface area contributed by atoms with Crippen molar-refractivity contribution in [1.29, 1.82) is 0 Å². The molecule has 1 N–H and O–H groups in total. The molecule has 19 heavy (non-hydrogen) atoms. The van der Waals surface area contributed by atoms with E-state index in [0.29, 0.717) is 6.04 Å². The molecule has 100 valence electrons. The molecule has 0 aliphatic rings. The first-order valence-electron chi connectivity index (χ1n) is 6.72. The largest absolute Gasteiger partial charge is 0.327 e. The molecule has 2 aromatic rings. The fraction of sp³-hybridized carbons (Fsp3) is 0.312. The van der Waals surface area contributed by atoms with Gasteiger partial charge in [0.1, 0.15) is 5.82 Å². The van der Waals surface area contributed by atoms with E-state index in [2.05, 4.69) is 65.4 Å². The molecule has 0 radical (unpaired) electrons. The number of anilines is 2. The molecule has 0 spiro atoms. The number of aromatic nitrogens is 1. The number of nitrogens with one attached hydrogen (secondary N) is 1. The highest BCUT2D eigenvalue weighted by atomic mass is 15.2. The van der Waals surface area contributed by atoms with Gasteiger partial charge in [-0.1, -0.05) is 24.3 Å². The number of hydrogen-bond donors (Lipinski definition) is 1. The number of pyridine rings is 1. The van der Waals surface area contributed by atoms with Crippen molar-refractivity contribution < 1.29 is 0 Å². The first-order chi connectivity index (χ1) is 9.26. The molecule has 3 heteroatoms. The highest BCUT2D eigenvalue weighted by Gasteiger charge is 2.09. The summed E-state index contributed by atoms with van der Waals surface area (Å²) in [5.41, 5.74) is 2.38. The number of nitrogens with zero attached hydrogens (tertiary/aromatic N) is 2. The van der Waals surface area contributed by atoms with E-state index in [1.165, 1.54) is 11.3 Å². The Morgan fingerprint density at radius 3 is 2.42 bits per heavy atom. The van der Waals surface area contributed by atoms with Crippen molar-refractivity contribution >= 4 is 11.5 Å². The minimum Gasteiger partial charge on any atom is -0.327 e. The lowest BCUT2D eigenvalue weighted by Crippen LogP contribution is -2.18. The lowest BCUT2D eigenvalue weighted by Gasteiger charge is -2.22. The lowest BCUT2D eigenvalue weighted by molar-refractivity contribution is 0.649. The van der Waals surface area contributed by atoms with Crippen molar-refractivity contribution in [2.24, 2.45) is 0 Å². The van der Waals surface area contributed by atoms with Gasteiger partial charge >= 0.3 is 0 Å². The van der Waals surface area contributed by atoms with Crippen molar-refractivity contribution in [1.82, 2.24) is 10.3 Å². The van der Waals surface area contributed by atoms with Crippen LogP contribution in [0.1, 0.15) is 25.5 Å². The topological polar surface area (TPSA) is 28.2 Å². The second-order valence-corrected chi connectivity index (χ2v) is 4.54. The van der Waals surface area contributed by atoms with Crippen LogP contribution in [-0.4, -0.2) is 18.6 Å². The molecule has 0 aliphatic heterocycles. The van der Waals surface area contributed by atoms with Crippen LogP contribution in [0.5, 0.6) is 0 Å². The van der Waals surface area contributed by atoms with E-state index in [1.807, 2.05) is 19.3 Å². The highest BCUT2D eigenvalue weighted by Crippen LogP contribution is 2.23. The number of benzene rings is 1. The van der Waals surface area contributed by atoms with Gasteiger partial charge in [-0.2, -0.15) is 0 Å². The quantitative estimate of drug-likeness (QED) is 0.886. The Labute approximate surface area is 115 Å². The van der Waals surface area contributed by atoms with E-state index < -0.39 is 0 Å². The zero-order valence-corrected chi connectivity index (χ0v) is 11.8. The standard InChI is InChI=1S/C16H21N3/c1-4-19(15-8-6-5-7-9-15)16-11-10-14(12-18-16)13(2)17-3/h5-13,17H,4H2,1-3H3. The zero-order chi connectivity index (χ0) is 13.7. The molecule has 0 saturated carbocycles. The lowest BCUT2D eigenvalue weighted by atomic mass is 10.1. The van der Waals surface area contributed by atoms with Crippen LogP contribution in [0.3, 0.4) is 0 Å². The van der Waals surface area contributed by atoms with E-state index in [0.717, 1.165) is 12.4 Å². The van der Waals surface area contributed by atoms with E-state index in [9.17, 15) is 0 Å². The smallest absolute Gasteiger partial charge is 0.132 e. The predicted octanol–water partition coefficient (Wildman–Crippen LogP) is 3.52.